The van der Waals surface area contributed by atoms with Gasteiger partial charge in [-0.05, 0) is 61.7 Å². The van der Waals surface area contributed by atoms with Crippen LogP contribution in [0, 0.1) is 20.8 Å². The first-order valence-electron chi connectivity index (χ1n) is 6.37. The number of benzene rings is 2. The number of hydrogen-bond donors (Lipinski definition) is 2. The van der Waals surface area contributed by atoms with Crippen molar-refractivity contribution in [1.82, 2.24) is 0 Å². The molecule has 0 saturated carbocycles. The summed E-state index contributed by atoms with van der Waals surface area (Å²) in [4.78, 5) is 0.239. The van der Waals surface area contributed by atoms with Gasteiger partial charge in [0.25, 0.3) is 10.0 Å². The summed E-state index contributed by atoms with van der Waals surface area (Å²) in [5.74, 6) is 0. The highest BCUT2D eigenvalue weighted by Gasteiger charge is 2.21. The molecule has 6 heteroatoms. The fraction of sp³-hybridized carbons (Fsp3) is 0.200. The third-order valence-electron chi connectivity index (χ3n) is 3.32. The van der Waals surface area contributed by atoms with Gasteiger partial charge in [-0.25, -0.2) is 8.42 Å². The van der Waals surface area contributed by atoms with Gasteiger partial charge in [-0.3, -0.25) is 4.72 Å². The average molecular weight is 369 g/mol. The molecule has 0 aliphatic carbocycles. The lowest BCUT2D eigenvalue weighted by atomic mass is 10.1. The minimum Gasteiger partial charge on any atom is -0.398 e. The summed E-state index contributed by atoms with van der Waals surface area (Å²) in [7, 11) is -3.67. The minimum atomic E-state index is -3.67. The molecule has 0 heterocycles. The van der Waals surface area contributed by atoms with Gasteiger partial charge in [0.2, 0.25) is 0 Å². The second-order valence-corrected chi connectivity index (χ2v) is 7.47. The largest absolute Gasteiger partial charge is 0.398 e. The van der Waals surface area contributed by atoms with Gasteiger partial charge >= 0.3 is 0 Å². The molecule has 0 atom stereocenters. The van der Waals surface area contributed by atoms with Crippen LogP contribution in [0.2, 0.25) is 0 Å². The molecule has 2 rings (SSSR count). The molecular weight excluding hydrogens is 352 g/mol. The standard InChI is InChI=1S/C15H17BrN2O2S/c1-9-4-7-14(17)11(3)15(9)21(19,20)18-12-5-6-13(16)10(2)8-12/h4-8,18H,17H2,1-3H3. The van der Waals surface area contributed by atoms with E-state index in [1.807, 2.05) is 13.0 Å². The van der Waals surface area contributed by atoms with Gasteiger partial charge in [-0.1, -0.05) is 22.0 Å². The van der Waals surface area contributed by atoms with Crippen LogP contribution in [0.4, 0.5) is 11.4 Å². The van der Waals surface area contributed by atoms with Crippen LogP contribution >= 0.6 is 15.9 Å². The van der Waals surface area contributed by atoms with Crippen LogP contribution in [0.15, 0.2) is 39.7 Å². The van der Waals surface area contributed by atoms with E-state index < -0.39 is 10.0 Å². The zero-order valence-corrected chi connectivity index (χ0v) is 14.5. The molecule has 0 radical (unpaired) electrons. The zero-order valence-electron chi connectivity index (χ0n) is 12.1. The number of nitrogens with two attached hydrogens (primary N) is 1. The summed E-state index contributed by atoms with van der Waals surface area (Å²) >= 11 is 3.39. The smallest absolute Gasteiger partial charge is 0.262 e. The normalized spacial score (nSPS) is 11.4. The Bertz CT molecular complexity index is 802. The number of aryl methyl sites for hydroxylation is 2. The van der Waals surface area contributed by atoms with Crippen molar-refractivity contribution in [2.75, 3.05) is 10.5 Å². The SMILES string of the molecule is Cc1cc(NS(=O)(=O)c2c(C)ccc(N)c2C)ccc1Br. The predicted octanol–water partition coefficient (Wildman–Crippen LogP) is 3.76. The van der Waals surface area contributed by atoms with Crippen LogP contribution < -0.4 is 10.5 Å². The van der Waals surface area contributed by atoms with Crippen molar-refractivity contribution in [2.45, 2.75) is 25.7 Å². The highest BCUT2D eigenvalue weighted by molar-refractivity contribution is 9.10. The first kappa shape index (κ1) is 15.9. The van der Waals surface area contributed by atoms with E-state index in [4.69, 9.17) is 5.73 Å². The fourth-order valence-electron chi connectivity index (χ4n) is 2.17. The van der Waals surface area contributed by atoms with Crippen molar-refractivity contribution in [1.29, 1.82) is 0 Å². The van der Waals surface area contributed by atoms with E-state index in [1.54, 1.807) is 38.1 Å². The molecule has 0 spiro atoms. The number of sulfonamides is 1. The molecule has 0 amide bonds. The molecule has 4 nitrogen and oxygen atoms in total. The van der Waals surface area contributed by atoms with Crippen molar-refractivity contribution in [3.05, 3.63) is 51.5 Å². The third-order valence-corrected chi connectivity index (χ3v) is 5.88. The van der Waals surface area contributed by atoms with E-state index in [2.05, 4.69) is 20.7 Å². The van der Waals surface area contributed by atoms with E-state index >= 15 is 0 Å². The predicted molar refractivity (Wildman–Crippen MR) is 90.0 cm³/mol. The number of rotatable bonds is 3. The van der Waals surface area contributed by atoms with Crippen LogP contribution in [-0.2, 0) is 10.0 Å². The Morgan fingerprint density at radius 1 is 1.05 bits per heavy atom. The van der Waals surface area contributed by atoms with Gasteiger partial charge < -0.3 is 5.73 Å². The van der Waals surface area contributed by atoms with Crippen molar-refractivity contribution in [2.24, 2.45) is 0 Å². The lowest BCUT2D eigenvalue weighted by molar-refractivity contribution is 0.600. The maximum atomic E-state index is 12.6. The van der Waals surface area contributed by atoms with Crippen molar-refractivity contribution < 1.29 is 8.42 Å². The van der Waals surface area contributed by atoms with Crippen LogP contribution in [0.3, 0.4) is 0 Å². The van der Waals surface area contributed by atoms with E-state index in [0.717, 1.165) is 10.0 Å². The number of anilines is 2. The van der Waals surface area contributed by atoms with E-state index in [0.29, 0.717) is 22.5 Å². The first-order valence-corrected chi connectivity index (χ1v) is 8.64. The third kappa shape index (κ3) is 3.22. The Labute approximate surface area is 133 Å². The number of halogens is 1. The van der Waals surface area contributed by atoms with Gasteiger partial charge in [0.05, 0.1) is 4.90 Å². The molecule has 2 aromatic rings. The second kappa shape index (κ2) is 5.69. The van der Waals surface area contributed by atoms with Crippen molar-refractivity contribution >= 4 is 37.3 Å². The molecule has 21 heavy (non-hydrogen) atoms. The molecule has 3 N–H and O–H groups in total. The molecule has 0 bridgehead atoms. The summed E-state index contributed by atoms with van der Waals surface area (Å²) in [6.07, 6.45) is 0. The summed E-state index contributed by atoms with van der Waals surface area (Å²) in [6, 6.07) is 8.73. The molecule has 0 fully saturated rings. The summed E-state index contributed by atoms with van der Waals surface area (Å²) < 4.78 is 28.8. The lowest BCUT2D eigenvalue weighted by Gasteiger charge is -2.15. The van der Waals surface area contributed by atoms with E-state index in [-0.39, 0.29) is 4.90 Å². The molecule has 0 unspecified atom stereocenters. The maximum absolute atomic E-state index is 12.6. The van der Waals surface area contributed by atoms with Gasteiger partial charge in [-0.2, -0.15) is 0 Å². The highest BCUT2D eigenvalue weighted by atomic mass is 79.9. The Morgan fingerprint density at radius 2 is 1.71 bits per heavy atom. The van der Waals surface area contributed by atoms with Gasteiger partial charge in [0.1, 0.15) is 0 Å². The lowest BCUT2D eigenvalue weighted by Crippen LogP contribution is -2.16. The molecule has 0 saturated heterocycles. The quantitative estimate of drug-likeness (QED) is 0.810. The molecule has 0 aliphatic rings. The average Bonchev–Trinajstić information content (AvgIpc) is 2.38. The van der Waals surface area contributed by atoms with Crippen molar-refractivity contribution in [3.8, 4) is 0 Å². The summed E-state index contributed by atoms with van der Waals surface area (Å²) in [5.41, 5.74) is 9.01. The number of nitrogen functional groups attached to an aromatic ring is 1. The maximum Gasteiger partial charge on any atom is 0.262 e. The topological polar surface area (TPSA) is 72.2 Å². The molecule has 0 aliphatic heterocycles. The van der Waals surface area contributed by atoms with Gasteiger partial charge in [-0.15, -0.1) is 0 Å². The molecule has 2 aromatic carbocycles. The molecule has 0 aromatic heterocycles. The van der Waals surface area contributed by atoms with Crippen LogP contribution in [-0.4, -0.2) is 8.42 Å². The monoisotopic (exact) mass is 368 g/mol. The number of hydrogen-bond acceptors (Lipinski definition) is 3. The first-order chi connectivity index (χ1) is 9.72. The fourth-order valence-corrected chi connectivity index (χ4v) is 3.97. The molecular formula is C15H17BrN2O2S. The molecule has 112 valence electrons. The van der Waals surface area contributed by atoms with Crippen LogP contribution in [0.5, 0.6) is 0 Å². The Balaban J connectivity index is 2.48. The Morgan fingerprint density at radius 3 is 2.33 bits per heavy atom. The van der Waals surface area contributed by atoms with Gasteiger partial charge in [0, 0.05) is 15.8 Å². The minimum absolute atomic E-state index is 0.239. The number of nitrogens with one attached hydrogen (secondary N) is 1. The Hall–Kier alpha value is -1.53. The Kier molecular flexibility index (Phi) is 4.30. The van der Waals surface area contributed by atoms with E-state index in [1.165, 1.54) is 0 Å². The zero-order chi connectivity index (χ0) is 15.8. The summed E-state index contributed by atoms with van der Waals surface area (Å²) in [5, 5.41) is 0. The van der Waals surface area contributed by atoms with Crippen LogP contribution in [0.25, 0.3) is 0 Å². The van der Waals surface area contributed by atoms with Crippen molar-refractivity contribution in [3.63, 3.8) is 0 Å². The highest BCUT2D eigenvalue weighted by Crippen LogP contribution is 2.28. The summed E-state index contributed by atoms with van der Waals surface area (Å²) in [6.45, 7) is 5.37. The van der Waals surface area contributed by atoms with E-state index in [9.17, 15) is 8.42 Å². The van der Waals surface area contributed by atoms with Crippen LogP contribution in [0.1, 0.15) is 16.7 Å². The second-order valence-electron chi connectivity index (χ2n) is 5.00. The van der Waals surface area contributed by atoms with Gasteiger partial charge in [0.15, 0.2) is 0 Å².